The van der Waals surface area contributed by atoms with Crippen molar-refractivity contribution >= 4 is 23.2 Å². The van der Waals surface area contributed by atoms with Gasteiger partial charge in [0.15, 0.2) is 11.4 Å². The van der Waals surface area contributed by atoms with Gasteiger partial charge in [-0.05, 0) is 67.9 Å². The minimum Gasteiger partial charge on any atom is -0.508 e. The zero-order valence-corrected chi connectivity index (χ0v) is 27.9. The van der Waals surface area contributed by atoms with Crippen molar-refractivity contribution in [3.8, 4) is 16.9 Å². The number of aliphatic hydroxyl groups excluding tert-OH is 3. The summed E-state index contributed by atoms with van der Waals surface area (Å²) in [4.78, 5) is 46.2. The number of likely N-dealkylation sites (N-methyl/N-ethyl adjacent to an activating group) is 2. The van der Waals surface area contributed by atoms with Crippen LogP contribution < -0.4 is 5.73 Å². The Morgan fingerprint density at radius 1 is 1.08 bits per heavy atom. The molecular formula is C36H44N4O8. The first-order valence-electron chi connectivity index (χ1n) is 16.4. The highest BCUT2D eigenvalue weighted by atomic mass is 16.4. The molecule has 48 heavy (non-hydrogen) atoms. The molecule has 12 heteroatoms. The van der Waals surface area contributed by atoms with E-state index in [4.69, 9.17) is 5.73 Å². The molecule has 0 radical (unpaired) electrons. The van der Waals surface area contributed by atoms with E-state index in [0.717, 1.165) is 43.9 Å². The smallest absolute Gasteiger partial charge is 0.255 e. The lowest BCUT2D eigenvalue weighted by atomic mass is 9.54. The van der Waals surface area contributed by atoms with E-state index in [1.54, 1.807) is 6.92 Å². The van der Waals surface area contributed by atoms with E-state index in [1.807, 2.05) is 37.3 Å². The summed E-state index contributed by atoms with van der Waals surface area (Å²) in [5.74, 6) is -9.00. The fraction of sp³-hybridized carbons (Fsp3) is 0.472. The number of primary amides is 1. The number of rotatable bonds is 6. The van der Waals surface area contributed by atoms with Crippen LogP contribution in [-0.2, 0) is 27.3 Å². The first-order chi connectivity index (χ1) is 22.6. The average Bonchev–Trinajstić information content (AvgIpc) is 3.03. The number of hydrogen-bond donors (Lipinski definition) is 6. The van der Waals surface area contributed by atoms with Gasteiger partial charge in [-0.25, -0.2) is 0 Å². The van der Waals surface area contributed by atoms with Crippen LogP contribution in [0.4, 0.5) is 0 Å². The number of nitrogens with two attached hydrogens (primary N) is 1. The molecular weight excluding hydrogens is 616 g/mol. The normalized spacial score (nSPS) is 29.6. The number of ketones is 2. The molecule has 0 aromatic heterocycles. The van der Waals surface area contributed by atoms with Crippen LogP contribution in [0.15, 0.2) is 47.2 Å². The third kappa shape index (κ3) is 4.88. The van der Waals surface area contributed by atoms with Crippen LogP contribution in [0.5, 0.6) is 5.75 Å². The minimum atomic E-state index is -2.96. The van der Waals surface area contributed by atoms with Gasteiger partial charge in [0.25, 0.3) is 5.91 Å². The van der Waals surface area contributed by atoms with Crippen molar-refractivity contribution in [3.63, 3.8) is 0 Å². The van der Waals surface area contributed by atoms with Gasteiger partial charge in [0.2, 0.25) is 5.78 Å². The van der Waals surface area contributed by atoms with E-state index in [2.05, 4.69) is 16.8 Å². The SMILES string of the molecule is CCc1cc(-c2cccc(CN3CCN(C)CC3)c2)c(O)c2c1C(C)C1C(=C2O)C(=O)C2(O)C(O)=C(C(N)=O)C(=O)C(N(C)C)C2C1O. The van der Waals surface area contributed by atoms with Gasteiger partial charge in [0.05, 0.1) is 23.6 Å². The van der Waals surface area contributed by atoms with E-state index >= 15 is 0 Å². The minimum absolute atomic E-state index is 0.00445. The quantitative estimate of drug-likeness (QED) is 0.246. The number of Topliss-reactive ketones (excluding diaryl/α,β-unsaturated/α-hetero) is 2. The molecule has 6 rings (SSSR count). The Labute approximate surface area is 279 Å². The van der Waals surface area contributed by atoms with E-state index in [-0.39, 0.29) is 11.3 Å². The molecule has 3 aliphatic carbocycles. The van der Waals surface area contributed by atoms with Crippen molar-refractivity contribution in [2.75, 3.05) is 47.3 Å². The topological polar surface area (TPSA) is 188 Å². The molecule has 0 bridgehead atoms. The lowest BCUT2D eigenvalue weighted by Crippen LogP contribution is -2.70. The largest absolute Gasteiger partial charge is 0.508 e. The number of carbonyl (C=O) groups is 3. The van der Waals surface area contributed by atoms with Crippen LogP contribution in [0.2, 0.25) is 0 Å². The summed E-state index contributed by atoms with van der Waals surface area (Å²) in [6.07, 6.45) is -1.14. The second-order valence-electron chi connectivity index (χ2n) is 13.9. The summed E-state index contributed by atoms with van der Waals surface area (Å²) in [6, 6.07) is 8.27. The number of fused-ring (bicyclic) bond motifs is 3. The van der Waals surface area contributed by atoms with Gasteiger partial charge in [0.1, 0.15) is 22.8 Å². The Balaban J connectivity index is 1.52. The van der Waals surface area contributed by atoms with E-state index < -0.39 is 75.6 Å². The van der Waals surface area contributed by atoms with Gasteiger partial charge in [-0.3, -0.25) is 24.2 Å². The molecule has 4 aliphatic rings. The molecule has 2 aromatic carbocycles. The molecule has 12 nitrogen and oxygen atoms in total. The molecule has 256 valence electrons. The number of nitrogens with zero attached hydrogens (tertiary/aromatic N) is 3. The number of phenols is 1. The molecule has 7 N–H and O–H groups in total. The first kappa shape index (κ1) is 33.8. The van der Waals surface area contributed by atoms with Crippen molar-refractivity contribution in [2.24, 2.45) is 17.6 Å². The van der Waals surface area contributed by atoms with Crippen molar-refractivity contribution in [1.29, 1.82) is 0 Å². The van der Waals surface area contributed by atoms with Crippen LogP contribution in [-0.4, -0.2) is 123 Å². The maximum Gasteiger partial charge on any atom is 0.255 e. The summed E-state index contributed by atoms with van der Waals surface area (Å²) in [5.41, 5.74) is 4.66. The number of aryl methyl sites for hydroxylation is 1. The summed E-state index contributed by atoms with van der Waals surface area (Å²) in [7, 11) is 5.07. The highest BCUT2D eigenvalue weighted by Gasteiger charge is 2.68. The lowest BCUT2D eigenvalue weighted by Gasteiger charge is -2.54. The number of phenolic OH excluding ortho intramolecular Hbond substituents is 1. The molecule has 2 aromatic rings. The Hall–Kier alpha value is -4.07. The van der Waals surface area contributed by atoms with Gasteiger partial charge >= 0.3 is 0 Å². The number of benzene rings is 2. The molecule has 1 saturated heterocycles. The van der Waals surface area contributed by atoms with Gasteiger partial charge in [0, 0.05) is 49.8 Å². The molecule has 6 atom stereocenters. The Morgan fingerprint density at radius 2 is 1.75 bits per heavy atom. The van der Waals surface area contributed by atoms with Crippen LogP contribution in [0.25, 0.3) is 16.9 Å². The van der Waals surface area contributed by atoms with Crippen molar-refractivity contribution in [3.05, 3.63) is 69.5 Å². The summed E-state index contributed by atoms with van der Waals surface area (Å²) >= 11 is 0. The van der Waals surface area contributed by atoms with Gasteiger partial charge in [-0.15, -0.1) is 0 Å². The van der Waals surface area contributed by atoms with Crippen LogP contribution in [0, 0.1) is 11.8 Å². The number of hydrogen-bond acceptors (Lipinski definition) is 11. The predicted octanol–water partition coefficient (Wildman–Crippen LogP) is 1.47. The number of carbonyl (C=O) groups excluding carboxylic acids is 3. The lowest BCUT2D eigenvalue weighted by molar-refractivity contribution is -0.169. The highest BCUT2D eigenvalue weighted by molar-refractivity contribution is 6.24. The number of amides is 1. The number of piperazine rings is 1. The highest BCUT2D eigenvalue weighted by Crippen LogP contribution is 2.57. The van der Waals surface area contributed by atoms with Crippen LogP contribution in [0.3, 0.4) is 0 Å². The predicted molar refractivity (Wildman–Crippen MR) is 178 cm³/mol. The standard InChI is InChI=1S/C36H44N4O8/c1-6-19-15-21(20-9-7-8-18(14-20)16-40-12-10-39(5)11-13-40)29(41)24-22(19)17(2)23-25(30(24)42)33(45)36(48)27(31(23)43)28(38(3)4)32(44)26(34(36)46)35(37)47/h7-9,14-15,17,23,27-28,31,41-43,46,48H,6,10-13,16H2,1-5H3,(H2,37,47). The van der Waals surface area contributed by atoms with Crippen LogP contribution >= 0.6 is 0 Å². The summed E-state index contributed by atoms with van der Waals surface area (Å²) in [6.45, 7) is 8.25. The molecule has 1 heterocycles. The van der Waals surface area contributed by atoms with Gasteiger partial charge in [-0.2, -0.15) is 0 Å². The third-order valence-corrected chi connectivity index (χ3v) is 10.9. The Bertz CT molecular complexity index is 1770. The van der Waals surface area contributed by atoms with Crippen molar-refractivity contribution in [2.45, 2.75) is 50.5 Å². The first-order valence-corrected chi connectivity index (χ1v) is 16.4. The second kappa shape index (κ2) is 12.1. The molecule has 1 aliphatic heterocycles. The summed E-state index contributed by atoms with van der Waals surface area (Å²) in [5, 5.41) is 58.9. The maximum absolute atomic E-state index is 14.4. The maximum atomic E-state index is 14.4. The van der Waals surface area contributed by atoms with E-state index in [1.165, 1.54) is 19.0 Å². The number of aliphatic hydroxyl groups is 4. The molecule has 1 saturated carbocycles. The van der Waals surface area contributed by atoms with Gasteiger partial charge < -0.3 is 36.2 Å². The van der Waals surface area contributed by atoms with E-state index in [0.29, 0.717) is 23.1 Å². The van der Waals surface area contributed by atoms with Crippen molar-refractivity contribution < 1.29 is 39.9 Å². The second-order valence-corrected chi connectivity index (χ2v) is 13.9. The zero-order valence-electron chi connectivity index (χ0n) is 27.9. The van der Waals surface area contributed by atoms with E-state index in [9.17, 15) is 39.9 Å². The molecule has 0 spiro atoms. The fourth-order valence-corrected chi connectivity index (χ4v) is 8.48. The summed E-state index contributed by atoms with van der Waals surface area (Å²) < 4.78 is 0. The monoisotopic (exact) mass is 660 g/mol. The average molecular weight is 661 g/mol. The third-order valence-electron chi connectivity index (χ3n) is 10.9. The van der Waals surface area contributed by atoms with Gasteiger partial charge in [-0.1, -0.05) is 32.0 Å². The molecule has 1 amide bonds. The number of aromatic hydroxyl groups is 1. The fourth-order valence-electron chi connectivity index (χ4n) is 8.48. The molecule has 6 unspecified atom stereocenters. The van der Waals surface area contributed by atoms with Crippen LogP contribution in [0.1, 0.15) is 42.0 Å². The Morgan fingerprint density at radius 3 is 2.35 bits per heavy atom. The Kier molecular flexibility index (Phi) is 8.54. The molecule has 2 fully saturated rings. The van der Waals surface area contributed by atoms with Crippen molar-refractivity contribution in [1.82, 2.24) is 14.7 Å². The zero-order chi connectivity index (χ0) is 35.0.